The summed E-state index contributed by atoms with van der Waals surface area (Å²) in [7, 11) is 0. The van der Waals surface area contributed by atoms with Gasteiger partial charge in [-0.25, -0.2) is 14.8 Å². The van der Waals surface area contributed by atoms with Gasteiger partial charge in [0.15, 0.2) is 5.82 Å². The number of carbonyl (C=O) groups is 3. The van der Waals surface area contributed by atoms with Crippen LogP contribution in [0, 0.1) is 0 Å². The summed E-state index contributed by atoms with van der Waals surface area (Å²) < 4.78 is 0. The molecule has 1 saturated heterocycles. The number of aromatic nitrogens is 2. The summed E-state index contributed by atoms with van der Waals surface area (Å²) in [6.07, 6.45) is 8.93. The Morgan fingerprint density at radius 1 is 1.07 bits per heavy atom. The average molecular weight is 404 g/mol. The van der Waals surface area contributed by atoms with E-state index in [1.165, 1.54) is 11.6 Å². The second kappa shape index (κ2) is 9.73. The van der Waals surface area contributed by atoms with E-state index in [2.05, 4.69) is 21.4 Å². The van der Waals surface area contributed by atoms with E-state index in [9.17, 15) is 14.4 Å². The summed E-state index contributed by atoms with van der Waals surface area (Å²) in [5.41, 5.74) is 2.43. The van der Waals surface area contributed by atoms with Gasteiger partial charge in [-0.3, -0.25) is 19.8 Å². The van der Waals surface area contributed by atoms with Crippen LogP contribution in [0.5, 0.6) is 0 Å². The number of hydrogen-bond donors (Lipinski definition) is 1. The lowest BCUT2D eigenvalue weighted by Crippen LogP contribution is -2.54. The van der Waals surface area contributed by atoms with Gasteiger partial charge in [-0.05, 0) is 25.3 Å². The molecule has 4 amide bonds. The largest absolute Gasteiger partial charge is 0.331 e. The predicted molar refractivity (Wildman–Crippen MR) is 114 cm³/mol. The van der Waals surface area contributed by atoms with Crippen LogP contribution in [0.25, 0.3) is 17.5 Å². The van der Waals surface area contributed by atoms with Crippen molar-refractivity contribution in [1.29, 1.82) is 0 Å². The van der Waals surface area contributed by atoms with Gasteiger partial charge >= 0.3 is 6.03 Å². The van der Waals surface area contributed by atoms with Gasteiger partial charge in [0.05, 0.1) is 0 Å². The zero-order chi connectivity index (χ0) is 21.5. The van der Waals surface area contributed by atoms with E-state index in [4.69, 9.17) is 0 Å². The highest BCUT2D eigenvalue weighted by Gasteiger charge is 2.35. The minimum absolute atomic E-state index is 0.108. The van der Waals surface area contributed by atoms with Crippen molar-refractivity contribution >= 4 is 23.9 Å². The van der Waals surface area contributed by atoms with Crippen molar-refractivity contribution in [3.63, 3.8) is 0 Å². The summed E-state index contributed by atoms with van der Waals surface area (Å²) in [6, 6.07) is 8.80. The molecule has 0 unspecified atom stereocenters. The molecule has 0 saturated carbocycles. The van der Waals surface area contributed by atoms with E-state index in [-0.39, 0.29) is 12.1 Å². The molecule has 0 spiro atoms. The van der Waals surface area contributed by atoms with Crippen LogP contribution in [0.4, 0.5) is 4.79 Å². The first-order chi connectivity index (χ1) is 14.5. The molecular weight excluding hydrogens is 380 g/mol. The van der Waals surface area contributed by atoms with Gasteiger partial charge in [0.1, 0.15) is 5.57 Å². The molecule has 1 aromatic carbocycles. The highest BCUT2D eigenvalue weighted by molar-refractivity contribution is 6.31. The number of amides is 4. The van der Waals surface area contributed by atoms with Crippen molar-refractivity contribution in [2.45, 2.75) is 33.1 Å². The number of nitrogens with one attached hydrogen (secondary N) is 1. The van der Waals surface area contributed by atoms with Crippen molar-refractivity contribution in [2.24, 2.45) is 0 Å². The highest BCUT2D eigenvalue weighted by atomic mass is 16.2. The smallest absolute Gasteiger partial charge is 0.273 e. The van der Waals surface area contributed by atoms with Crippen molar-refractivity contribution in [1.82, 2.24) is 20.2 Å². The number of urea groups is 1. The van der Waals surface area contributed by atoms with E-state index >= 15 is 0 Å². The van der Waals surface area contributed by atoms with Crippen LogP contribution in [-0.4, -0.2) is 39.3 Å². The van der Waals surface area contributed by atoms with Crippen LogP contribution in [0.2, 0.25) is 0 Å². The Bertz CT molecular complexity index is 995. The molecule has 2 aromatic rings. The first-order valence-electron chi connectivity index (χ1n) is 9.97. The third-order valence-corrected chi connectivity index (χ3v) is 4.80. The summed E-state index contributed by atoms with van der Waals surface area (Å²) >= 11 is 0. The second-order valence-corrected chi connectivity index (χ2v) is 6.85. The molecule has 30 heavy (non-hydrogen) atoms. The minimum Gasteiger partial charge on any atom is -0.273 e. The minimum atomic E-state index is -0.715. The molecule has 2 heterocycles. The molecule has 3 rings (SSSR count). The van der Waals surface area contributed by atoms with Crippen LogP contribution in [0.1, 0.15) is 38.7 Å². The molecular formula is C23H24N4O3. The number of imide groups is 2. The summed E-state index contributed by atoms with van der Waals surface area (Å²) in [6.45, 7) is 4.30. The molecule has 1 N–H and O–H groups in total. The van der Waals surface area contributed by atoms with Gasteiger partial charge in [0.25, 0.3) is 11.8 Å². The molecule has 0 bridgehead atoms. The lowest BCUT2D eigenvalue weighted by atomic mass is 10.1. The molecule has 1 aromatic heterocycles. The van der Waals surface area contributed by atoms with E-state index in [0.717, 1.165) is 23.3 Å². The fourth-order valence-electron chi connectivity index (χ4n) is 3.18. The third kappa shape index (κ3) is 4.86. The Morgan fingerprint density at radius 2 is 1.77 bits per heavy atom. The molecule has 7 nitrogen and oxygen atoms in total. The summed E-state index contributed by atoms with van der Waals surface area (Å²) in [4.78, 5) is 46.9. The lowest BCUT2D eigenvalue weighted by molar-refractivity contribution is -0.130. The number of carbonyl (C=O) groups excluding carboxylic acids is 3. The summed E-state index contributed by atoms with van der Waals surface area (Å²) in [5.74, 6) is -0.778. The van der Waals surface area contributed by atoms with Crippen molar-refractivity contribution in [3.8, 4) is 11.4 Å². The van der Waals surface area contributed by atoms with Crippen LogP contribution in [0.3, 0.4) is 0 Å². The number of hydrogen-bond acceptors (Lipinski definition) is 5. The van der Waals surface area contributed by atoms with Gasteiger partial charge in [0, 0.05) is 30.1 Å². The SMILES string of the molecule is CC/C=C(\CC)CCN1C(=O)NC(=O)/C(=C\c2cnc(-c3ccccc3)nc2)C1=O. The Kier molecular flexibility index (Phi) is 6.85. The maximum absolute atomic E-state index is 12.8. The highest BCUT2D eigenvalue weighted by Crippen LogP contribution is 2.18. The van der Waals surface area contributed by atoms with Crippen LogP contribution in [0.15, 0.2) is 59.9 Å². The van der Waals surface area contributed by atoms with E-state index in [0.29, 0.717) is 17.8 Å². The van der Waals surface area contributed by atoms with Gasteiger partial charge in [-0.15, -0.1) is 0 Å². The topological polar surface area (TPSA) is 92.3 Å². The molecule has 0 radical (unpaired) electrons. The van der Waals surface area contributed by atoms with Crippen molar-refractivity contribution in [2.75, 3.05) is 6.54 Å². The molecule has 0 aliphatic carbocycles. The number of benzene rings is 1. The number of allylic oxidation sites excluding steroid dienone is 1. The van der Waals surface area contributed by atoms with Gasteiger partial charge in [-0.1, -0.05) is 55.8 Å². The number of barbiturate groups is 1. The molecule has 154 valence electrons. The quantitative estimate of drug-likeness (QED) is 0.431. The first-order valence-corrected chi connectivity index (χ1v) is 9.97. The normalized spacial score (nSPS) is 16.2. The fourth-order valence-corrected chi connectivity index (χ4v) is 3.18. The van der Waals surface area contributed by atoms with Crippen molar-refractivity contribution < 1.29 is 14.4 Å². The second-order valence-electron chi connectivity index (χ2n) is 6.85. The van der Waals surface area contributed by atoms with Crippen LogP contribution < -0.4 is 5.32 Å². The van der Waals surface area contributed by atoms with Gasteiger partial charge < -0.3 is 0 Å². The lowest BCUT2D eigenvalue weighted by Gasteiger charge is -2.26. The van der Waals surface area contributed by atoms with Crippen molar-refractivity contribution in [3.05, 3.63) is 65.5 Å². The van der Waals surface area contributed by atoms with E-state index in [1.54, 1.807) is 12.4 Å². The Labute approximate surface area is 175 Å². The Morgan fingerprint density at radius 3 is 2.40 bits per heavy atom. The predicted octanol–water partition coefficient (Wildman–Crippen LogP) is 3.74. The first kappa shape index (κ1) is 21.1. The van der Waals surface area contributed by atoms with Gasteiger partial charge in [0.2, 0.25) is 0 Å². The number of nitrogens with zero attached hydrogens (tertiary/aromatic N) is 3. The zero-order valence-corrected chi connectivity index (χ0v) is 17.1. The van der Waals surface area contributed by atoms with Gasteiger partial charge in [-0.2, -0.15) is 0 Å². The molecule has 1 fully saturated rings. The molecule has 1 aliphatic heterocycles. The fraction of sp³-hybridized carbons (Fsp3) is 0.261. The Balaban J connectivity index is 1.79. The van der Waals surface area contributed by atoms with Crippen LogP contribution in [-0.2, 0) is 9.59 Å². The molecule has 0 atom stereocenters. The number of rotatable bonds is 7. The van der Waals surface area contributed by atoms with Crippen LogP contribution >= 0.6 is 0 Å². The monoisotopic (exact) mass is 404 g/mol. The molecule has 1 aliphatic rings. The Hall–Kier alpha value is -3.61. The van der Waals surface area contributed by atoms with E-state index in [1.807, 2.05) is 44.2 Å². The molecule has 7 heteroatoms. The third-order valence-electron chi connectivity index (χ3n) is 4.80. The standard InChI is InChI=1S/C23H24N4O3/c1-3-8-16(4-2)11-12-27-22(29)19(21(28)26-23(27)30)13-17-14-24-20(25-15-17)18-9-6-5-7-10-18/h5-10,13-15H,3-4,11-12H2,1-2H3,(H,26,28,30)/b16-8+,19-13+. The maximum atomic E-state index is 12.8. The zero-order valence-electron chi connectivity index (χ0n) is 17.1. The summed E-state index contributed by atoms with van der Waals surface area (Å²) in [5, 5.41) is 2.24. The maximum Gasteiger partial charge on any atom is 0.331 e. The average Bonchev–Trinajstić information content (AvgIpc) is 2.76. The van der Waals surface area contributed by atoms with E-state index < -0.39 is 17.8 Å².